The summed E-state index contributed by atoms with van der Waals surface area (Å²) in [6, 6.07) is 118. The van der Waals surface area contributed by atoms with Crippen molar-refractivity contribution in [2.75, 3.05) is 9.80 Å². The van der Waals surface area contributed by atoms with E-state index in [2.05, 4.69) is 394 Å². The number of rotatable bonds is 9. The van der Waals surface area contributed by atoms with Gasteiger partial charge in [-0.1, -0.05) is 300 Å². The highest BCUT2D eigenvalue weighted by atomic mass is 15.1. The summed E-state index contributed by atoms with van der Waals surface area (Å²) in [7, 11) is 0. The second-order valence-electron chi connectivity index (χ2n) is 31.2. The Morgan fingerprint density at radius 1 is 0.158 bits per heavy atom. The molecule has 0 N–H and O–H groups in total. The van der Waals surface area contributed by atoms with Gasteiger partial charge in [0.1, 0.15) is 0 Å². The summed E-state index contributed by atoms with van der Waals surface area (Å²) in [6.45, 7) is 23.8. The molecule has 0 amide bonds. The first-order valence-corrected chi connectivity index (χ1v) is 36.0. The van der Waals surface area contributed by atoms with Gasteiger partial charge in [0, 0.05) is 61.2 Å². The normalized spacial score (nSPS) is 15.2. The largest absolute Gasteiger partial charge is 0.310 e. The Morgan fingerprint density at radius 3 is 0.743 bits per heavy atom. The van der Waals surface area contributed by atoms with Crippen molar-refractivity contribution < 1.29 is 0 Å². The fourth-order valence-corrected chi connectivity index (χ4v) is 18.4. The number of hydrogen-bond donors (Lipinski definition) is 0. The molecule has 101 heavy (non-hydrogen) atoms. The number of hydrogen-bond acceptors (Lipinski definition) is 2. The van der Waals surface area contributed by atoms with Crippen molar-refractivity contribution in [1.29, 1.82) is 0 Å². The quantitative estimate of drug-likeness (QED) is 0.142. The molecule has 0 unspecified atom stereocenters. The molecule has 5 aliphatic rings. The molecule has 0 heterocycles. The van der Waals surface area contributed by atoms with Crippen molar-refractivity contribution in [3.8, 4) is 89.0 Å². The van der Waals surface area contributed by atoms with E-state index in [1.807, 2.05) is 0 Å². The van der Waals surface area contributed by atoms with Gasteiger partial charge >= 0.3 is 0 Å². The van der Waals surface area contributed by atoms with E-state index in [-0.39, 0.29) is 27.1 Å². The van der Waals surface area contributed by atoms with Crippen LogP contribution in [0, 0.1) is 0 Å². The maximum absolute atomic E-state index is 2.52. The van der Waals surface area contributed by atoms with Crippen LogP contribution in [0.2, 0.25) is 0 Å². The Bertz CT molecular complexity index is 5450. The van der Waals surface area contributed by atoms with Crippen molar-refractivity contribution >= 4 is 34.1 Å². The molecule has 0 fully saturated rings. The van der Waals surface area contributed by atoms with Gasteiger partial charge < -0.3 is 9.80 Å². The second-order valence-corrected chi connectivity index (χ2v) is 31.2. The fraction of sp³-hybridized carbons (Fsp3) is 0.152. The van der Waals surface area contributed by atoms with Gasteiger partial charge in [0.25, 0.3) is 0 Å². The average molecular weight is 1300 g/mol. The standard InChI is InChI=1S/C57H47N.C42H35N/c1-55(2)49-23-15-13-21-42(49)44-28-25-39(33-51(44)55)58(40-26-29-45-43-22-14-16-24-50(43)56(3,4)52(45)34-40)41-27-30-46-48-32-38(36-17-9-7-10-18-36)31-47(37-19-11-8-12-20-37)54(48)57(5,6)53(46)35-41;1-41(2)37-16-10-8-14-33(37)35-24-22-31(26-39(35)41)43(30-20-18-29(19-21-30)28-12-6-5-7-13-28)32-23-25-36-34-15-9-11-17-38(34)42(3,4)40(36)27-32/h7-35H,1-6H3;5-27H,1-4H3. The molecule has 14 aromatic rings. The summed E-state index contributed by atoms with van der Waals surface area (Å²) in [5.74, 6) is 0. The van der Waals surface area contributed by atoms with Crippen LogP contribution in [-0.4, -0.2) is 0 Å². The van der Waals surface area contributed by atoms with E-state index < -0.39 is 0 Å². The van der Waals surface area contributed by atoms with Gasteiger partial charge in [-0.15, -0.1) is 0 Å². The van der Waals surface area contributed by atoms with Crippen molar-refractivity contribution in [3.05, 3.63) is 371 Å². The lowest BCUT2D eigenvalue weighted by Gasteiger charge is -2.31. The Hall–Kier alpha value is -11.3. The second kappa shape index (κ2) is 22.9. The lowest BCUT2D eigenvalue weighted by atomic mass is 9.78. The van der Waals surface area contributed by atoms with Gasteiger partial charge in [0.15, 0.2) is 0 Å². The van der Waals surface area contributed by atoms with Gasteiger partial charge in [-0.3, -0.25) is 0 Å². The van der Waals surface area contributed by atoms with Crippen molar-refractivity contribution in [2.24, 2.45) is 0 Å². The van der Waals surface area contributed by atoms with Crippen molar-refractivity contribution in [2.45, 2.75) is 96.3 Å². The molecule has 0 saturated heterocycles. The van der Waals surface area contributed by atoms with Crippen LogP contribution >= 0.6 is 0 Å². The Balaban J connectivity index is 0.000000152. The first-order chi connectivity index (χ1) is 48.9. The molecule has 0 saturated carbocycles. The van der Waals surface area contributed by atoms with Crippen LogP contribution in [0.3, 0.4) is 0 Å². The SMILES string of the molecule is CC1(C)c2ccccc2-c2ccc(N(c3ccc(-c4ccccc4)cc3)c3ccc4c(c3)C(C)(C)c3ccccc3-4)cc21.CC1(C)c2ccccc2-c2ccc(N(c3ccc4c(c3)C(C)(C)c3ccccc3-4)c3ccc4c(c3)C(C)(C)c3c(-c5ccccc5)cc(-c5ccccc5)cc3-4)cc21. The van der Waals surface area contributed by atoms with Gasteiger partial charge in [-0.05, 0) is 230 Å². The zero-order chi connectivity index (χ0) is 68.9. The van der Waals surface area contributed by atoms with E-state index in [1.54, 1.807) is 0 Å². The van der Waals surface area contributed by atoms with Gasteiger partial charge in [-0.25, -0.2) is 0 Å². The third kappa shape index (κ3) is 9.58. The molecule has 0 atom stereocenters. The summed E-state index contributed by atoms with van der Waals surface area (Å²) in [5.41, 5.74) is 41.2. The smallest absolute Gasteiger partial charge is 0.0465 e. The molecular formula is C99H82N2. The molecule has 2 nitrogen and oxygen atoms in total. The van der Waals surface area contributed by atoms with Gasteiger partial charge in [0.05, 0.1) is 0 Å². The summed E-state index contributed by atoms with van der Waals surface area (Å²) < 4.78 is 0. The number of anilines is 6. The van der Waals surface area contributed by atoms with E-state index in [4.69, 9.17) is 0 Å². The molecule has 2 heteroatoms. The van der Waals surface area contributed by atoms with Crippen LogP contribution in [0.4, 0.5) is 34.1 Å². The minimum atomic E-state index is -0.240. The third-order valence-corrected chi connectivity index (χ3v) is 23.7. The molecule has 0 aromatic heterocycles. The summed E-state index contributed by atoms with van der Waals surface area (Å²) in [5, 5.41) is 0. The fourth-order valence-electron chi connectivity index (χ4n) is 18.4. The number of nitrogens with zero attached hydrogens (tertiary/aromatic N) is 2. The van der Waals surface area contributed by atoms with Crippen LogP contribution < -0.4 is 9.80 Å². The van der Waals surface area contributed by atoms with Crippen LogP contribution in [0.5, 0.6) is 0 Å². The minimum absolute atomic E-state index is 0.0632. The van der Waals surface area contributed by atoms with Crippen LogP contribution in [0.15, 0.2) is 315 Å². The van der Waals surface area contributed by atoms with E-state index >= 15 is 0 Å². The van der Waals surface area contributed by atoms with E-state index in [9.17, 15) is 0 Å². The monoisotopic (exact) mass is 1300 g/mol. The topological polar surface area (TPSA) is 6.48 Å². The lowest BCUT2D eigenvalue weighted by Crippen LogP contribution is -2.19. The highest BCUT2D eigenvalue weighted by Crippen LogP contribution is 2.59. The zero-order valence-corrected chi connectivity index (χ0v) is 59.4. The highest BCUT2D eigenvalue weighted by molar-refractivity contribution is 5.96. The van der Waals surface area contributed by atoms with E-state index in [0.29, 0.717) is 0 Å². The molecule has 0 spiro atoms. The summed E-state index contributed by atoms with van der Waals surface area (Å²) in [4.78, 5) is 4.96. The predicted molar refractivity (Wildman–Crippen MR) is 426 cm³/mol. The summed E-state index contributed by atoms with van der Waals surface area (Å²) in [6.07, 6.45) is 0. The molecule has 488 valence electrons. The molecule has 0 bridgehead atoms. The lowest BCUT2D eigenvalue weighted by molar-refractivity contribution is 0.659. The van der Waals surface area contributed by atoms with Crippen LogP contribution in [-0.2, 0) is 27.1 Å². The number of benzene rings is 14. The summed E-state index contributed by atoms with van der Waals surface area (Å²) >= 11 is 0. The van der Waals surface area contributed by atoms with Crippen molar-refractivity contribution in [1.82, 2.24) is 0 Å². The minimum Gasteiger partial charge on any atom is -0.310 e. The third-order valence-electron chi connectivity index (χ3n) is 23.7. The Kier molecular flexibility index (Phi) is 14.0. The Morgan fingerprint density at radius 2 is 0.396 bits per heavy atom. The van der Waals surface area contributed by atoms with E-state index in [0.717, 1.165) is 5.69 Å². The van der Waals surface area contributed by atoms with Gasteiger partial charge in [0.2, 0.25) is 0 Å². The predicted octanol–water partition coefficient (Wildman–Crippen LogP) is 26.8. The first-order valence-electron chi connectivity index (χ1n) is 36.0. The van der Waals surface area contributed by atoms with Crippen molar-refractivity contribution in [3.63, 3.8) is 0 Å². The molecule has 14 aromatic carbocycles. The maximum Gasteiger partial charge on any atom is 0.0465 e. The zero-order valence-electron chi connectivity index (χ0n) is 59.4. The molecular weight excluding hydrogens is 1220 g/mol. The molecule has 5 aliphatic carbocycles. The molecule has 19 rings (SSSR count). The number of fused-ring (bicyclic) bond motifs is 15. The molecule has 0 radical (unpaired) electrons. The van der Waals surface area contributed by atoms with Crippen LogP contribution in [0.1, 0.15) is 125 Å². The Labute approximate surface area is 596 Å². The van der Waals surface area contributed by atoms with Gasteiger partial charge in [-0.2, -0.15) is 0 Å². The molecule has 0 aliphatic heterocycles. The first kappa shape index (κ1) is 62.0. The highest BCUT2D eigenvalue weighted by Gasteiger charge is 2.43. The maximum atomic E-state index is 2.52. The van der Waals surface area contributed by atoms with E-state index in [1.165, 1.54) is 173 Å². The van der Waals surface area contributed by atoms with Crippen LogP contribution in [0.25, 0.3) is 89.0 Å². The average Bonchev–Trinajstić information content (AvgIpc) is 1.58.